The van der Waals surface area contributed by atoms with Crippen molar-refractivity contribution in [2.75, 3.05) is 19.8 Å². The summed E-state index contributed by atoms with van der Waals surface area (Å²) in [5.41, 5.74) is 4.41. The van der Waals surface area contributed by atoms with E-state index in [-0.39, 0.29) is 37.3 Å². The van der Waals surface area contributed by atoms with E-state index in [1.165, 1.54) is 0 Å². The van der Waals surface area contributed by atoms with Crippen LogP contribution in [0.25, 0.3) is 11.1 Å². The Hall–Kier alpha value is -3.39. The molecule has 2 aliphatic rings. The second kappa shape index (κ2) is 10.0. The number of carbonyl (C=O) groups excluding carboxylic acids is 2. The molecule has 1 heterocycles. The highest BCUT2D eigenvalue weighted by molar-refractivity contribution is 5.86. The molecule has 8 heteroatoms. The van der Waals surface area contributed by atoms with Crippen LogP contribution in [0.5, 0.6) is 0 Å². The zero-order valence-electron chi connectivity index (χ0n) is 18.5. The lowest BCUT2D eigenvalue weighted by Gasteiger charge is -2.22. The normalized spacial score (nSPS) is 19.9. The average molecular weight is 453 g/mol. The maximum absolute atomic E-state index is 12.8. The Labute approximate surface area is 192 Å². The summed E-state index contributed by atoms with van der Waals surface area (Å²) in [5.74, 6) is -1.44. The molecule has 1 saturated heterocycles. The number of carboxylic acid groups (broad SMARTS) is 1. The van der Waals surface area contributed by atoms with Crippen molar-refractivity contribution in [2.45, 2.75) is 37.8 Å². The van der Waals surface area contributed by atoms with Crippen molar-refractivity contribution in [1.29, 1.82) is 0 Å². The standard InChI is InChI=1S/C25H28N2O6/c1-15-12-32-14-22(15)26-24(30)21(10-11-23(28)29)27-25(31)33-13-20-18-8-4-2-6-16(18)17-7-3-5-9-19(17)20/h2-9,15,20-22H,10-14H2,1H3,(H,26,30)(H,27,31)(H,28,29). The van der Waals surface area contributed by atoms with Crippen molar-refractivity contribution in [1.82, 2.24) is 10.6 Å². The maximum atomic E-state index is 12.8. The largest absolute Gasteiger partial charge is 0.481 e. The third-order valence-corrected chi connectivity index (χ3v) is 6.29. The number of rotatable bonds is 8. The number of amides is 2. The van der Waals surface area contributed by atoms with Crippen LogP contribution in [0.4, 0.5) is 4.79 Å². The van der Waals surface area contributed by atoms with Crippen LogP contribution in [0.3, 0.4) is 0 Å². The summed E-state index contributed by atoms with van der Waals surface area (Å²) in [4.78, 5) is 36.4. The molecule has 33 heavy (non-hydrogen) atoms. The first kappa shape index (κ1) is 22.8. The second-order valence-electron chi connectivity index (χ2n) is 8.58. The van der Waals surface area contributed by atoms with E-state index in [0.717, 1.165) is 22.3 Å². The van der Waals surface area contributed by atoms with E-state index in [2.05, 4.69) is 10.6 Å². The first-order valence-electron chi connectivity index (χ1n) is 11.2. The third kappa shape index (κ3) is 5.17. The van der Waals surface area contributed by atoms with Gasteiger partial charge in [0.1, 0.15) is 12.6 Å². The van der Waals surface area contributed by atoms with Gasteiger partial charge in [0.05, 0.1) is 19.3 Å². The number of ether oxygens (including phenoxy) is 2. The monoisotopic (exact) mass is 452 g/mol. The first-order chi connectivity index (χ1) is 15.9. The summed E-state index contributed by atoms with van der Waals surface area (Å²) < 4.78 is 10.9. The molecule has 0 spiro atoms. The van der Waals surface area contributed by atoms with Gasteiger partial charge in [-0.15, -0.1) is 0 Å². The SMILES string of the molecule is CC1COCC1NC(=O)C(CCC(=O)O)NC(=O)OCC1c2ccccc2-c2ccccc21. The summed E-state index contributed by atoms with van der Waals surface area (Å²) in [6, 6.07) is 14.8. The fourth-order valence-electron chi connectivity index (χ4n) is 4.45. The molecule has 2 amide bonds. The van der Waals surface area contributed by atoms with Gasteiger partial charge in [-0.1, -0.05) is 55.5 Å². The number of hydrogen-bond donors (Lipinski definition) is 3. The van der Waals surface area contributed by atoms with Crippen molar-refractivity contribution in [2.24, 2.45) is 5.92 Å². The number of hydrogen-bond acceptors (Lipinski definition) is 5. The lowest BCUT2D eigenvalue weighted by atomic mass is 9.98. The van der Waals surface area contributed by atoms with E-state index in [4.69, 9.17) is 14.6 Å². The number of carbonyl (C=O) groups is 3. The number of carboxylic acids is 1. The van der Waals surface area contributed by atoms with E-state index in [9.17, 15) is 14.4 Å². The van der Waals surface area contributed by atoms with E-state index in [1.807, 2.05) is 55.5 Å². The summed E-state index contributed by atoms with van der Waals surface area (Å²) in [6.45, 7) is 3.01. The molecule has 3 atom stereocenters. The van der Waals surface area contributed by atoms with E-state index in [0.29, 0.717) is 13.2 Å². The molecule has 3 unspecified atom stereocenters. The van der Waals surface area contributed by atoms with Gasteiger partial charge in [0.2, 0.25) is 5.91 Å². The minimum atomic E-state index is -1.04. The molecule has 1 aliphatic carbocycles. The topological polar surface area (TPSA) is 114 Å². The Morgan fingerprint density at radius 1 is 1.06 bits per heavy atom. The van der Waals surface area contributed by atoms with Crippen LogP contribution in [0.1, 0.15) is 36.8 Å². The summed E-state index contributed by atoms with van der Waals surface area (Å²) in [5, 5.41) is 14.5. The number of fused-ring (bicyclic) bond motifs is 3. The van der Waals surface area contributed by atoms with Crippen LogP contribution in [0.15, 0.2) is 48.5 Å². The van der Waals surface area contributed by atoms with Crippen LogP contribution in [0.2, 0.25) is 0 Å². The van der Waals surface area contributed by atoms with E-state index in [1.54, 1.807) is 0 Å². The lowest BCUT2D eigenvalue weighted by Crippen LogP contribution is -2.51. The van der Waals surface area contributed by atoms with Crippen molar-refractivity contribution < 1.29 is 29.0 Å². The molecular formula is C25H28N2O6. The van der Waals surface area contributed by atoms with Gasteiger partial charge >= 0.3 is 12.1 Å². The van der Waals surface area contributed by atoms with Crippen molar-refractivity contribution >= 4 is 18.0 Å². The Kier molecular flexibility index (Phi) is 6.93. The Balaban J connectivity index is 1.40. The summed E-state index contributed by atoms with van der Waals surface area (Å²) in [6.07, 6.45) is -1.04. The Morgan fingerprint density at radius 2 is 1.70 bits per heavy atom. The molecule has 1 fully saturated rings. The van der Waals surface area contributed by atoms with Crippen molar-refractivity contribution in [3.05, 3.63) is 59.7 Å². The van der Waals surface area contributed by atoms with E-state index < -0.39 is 24.0 Å². The predicted molar refractivity (Wildman–Crippen MR) is 121 cm³/mol. The maximum Gasteiger partial charge on any atom is 0.407 e. The summed E-state index contributed by atoms with van der Waals surface area (Å²) in [7, 11) is 0. The molecule has 174 valence electrons. The molecule has 0 bridgehead atoms. The van der Waals surface area contributed by atoms with Crippen LogP contribution in [-0.4, -0.2) is 55.0 Å². The lowest BCUT2D eigenvalue weighted by molar-refractivity contribution is -0.137. The van der Waals surface area contributed by atoms with Crippen molar-refractivity contribution in [3.63, 3.8) is 0 Å². The van der Waals surface area contributed by atoms with Gasteiger partial charge < -0.3 is 25.2 Å². The predicted octanol–water partition coefficient (Wildman–Crippen LogP) is 2.91. The minimum absolute atomic E-state index is 0.0344. The van der Waals surface area contributed by atoms with Gasteiger partial charge in [0, 0.05) is 18.3 Å². The van der Waals surface area contributed by atoms with Gasteiger partial charge in [-0.05, 0) is 28.7 Å². The second-order valence-corrected chi connectivity index (χ2v) is 8.58. The molecular weight excluding hydrogens is 424 g/mol. The molecule has 4 rings (SSSR count). The number of alkyl carbamates (subject to hydrolysis) is 1. The summed E-state index contributed by atoms with van der Waals surface area (Å²) >= 11 is 0. The molecule has 2 aromatic carbocycles. The molecule has 0 saturated carbocycles. The fourth-order valence-corrected chi connectivity index (χ4v) is 4.45. The van der Waals surface area contributed by atoms with Gasteiger partial charge in [0.15, 0.2) is 0 Å². The highest BCUT2D eigenvalue weighted by Crippen LogP contribution is 2.44. The number of nitrogens with one attached hydrogen (secondary N) is 2. The van der Waals surface area contributed by atoms with E-state index >= 15 is 0 Å². The zero-order chi connectivity index (χ0) is 23.4. The van der Waals surface area contributed by atoms with Gasteiger partial charge in [-0.3, -0.25) is 9.59 Å². The highest BCUT2D eigenvalue weighted by Gasteiger charge is 2.32. The fraction of sp³-hybridized carbons (Fsp3) is 0.400. The molecule has 8 nitrogen and oxygen atoms in total. The number of benzene rings is 2. The smallest absolute Gasteiger partial charge is 0.407 e. The first-order valence-corrected chi connectivity index (χ1v) is 11.2. The quantitative estimate of drug-likeness (QED) is 0.568. The zero-order valence-corrected chi connectivity index (χ0v) is 18.5. The van der Waals surface area contributed by atoms with Crippen molar-refractivity contribution in [3.8, 4) is 11.1 Å². The molecule has 0 aromatic heterocycles. The molecule has 1 aliphatic heterocycles. The van der Waals surface area contributed by atoms with Gasteiger partial charge in [-0.2, -0.15) is 0 Å². The van der Waals surface area contributed by atoms with Crippen LogP contribution < -0.4 is 10.6 Å². The Morgan fingerprint density at radius 3 is 2.27 bits per heavy atom. The van der Waals surface area contributed by atoms with Gasteiger partial charge in [-0.25, -0.2) is 4.79 Å². The number of aliphatic carboxylic acids is 1. The molecule has 2 aromatic rings. The van der Waals surface area contributed by atoms with Gasteiger partial charge in [0.25, 0.3) is 0 Å². The van der Waals surface area contributed by atoms with Crippen LogP contribution in [-0.2, 0) is 19.1 Å². The minimum Gasteiger partial charge on any atom is -0.481 e. The average Bonchev–Trinajstić information content (AvgIpc) is 3.35. The highest BCUT2D eigenvalue weighted by atomic mass is 16.5. The Bertz CT molecular complexity index is 994. The van der Waals surface area contributed by atoms with Crippen LogP contribution >= 0.6 is 0 Å². The molecule has 3 N–H and O–H groups in total. The van der Waals surface area contributed by atoms with Crippen LogP contribution in [0, 0.1) is 5.92 Å². The third-order valence-electron chi connectivity index (χ3n) is 6.29. The molecule has 0 radical (unpaired) electrons.